The first-order valence-corrected chi connectivity index (χ1v) is 7.57. The fraction of sp³-hybridized carbons (Fsp3) is 0.600. The lowest BCUT2D eigenvalue weighted by Crippen LogP contribution is -1.89. The molecular formula is C15H22Cl2O. The zero-order chi connectivity index (χ0) is 13.4. The van der Waals surface area contributed by atoms with Crippen molar-refractivity contribution >= 4 is 23.2 Å². The van der Waals surface area contributed by atoms with E-state index >= 15 is 0 Å². The fourth-order valence-corrected chi connectivity index (χ4v) is 2.75. The molecule has 0 atom stereocenters. The van der Waals surface area contributed by atoms with Crippen molar-refractivity contribution in [2.75, 3.05) is 0 Å². The van der Waals surface area contributed by atoms with Crippen LogP contribution >= 0.6 is 23.2 Å². The third kappa shape index (κ3) is 5.49. The Bertz CT molecular complexity index is 341. The maximum atomic E-state index is 9.34. The first kappa shape index (κ1) is 15.7. The number of benzene rings is 1. The van der Waals surface area contributed by atoms with Crippen LogP contribution in [-0.2, 0) is 6.42 Å². The summed E-state index contributed by atoms with van der Waals surface area (Å²) in [5.41, 5.74) is 0.963. The highest BCUT2D eigenvalue weighted by Gasteiger charge is 2.07. The van der Waals surface area contributed by atoms with Gasteiger partial charge in [-0.3, -0.25) is 0 Å². The van der Waals surface area contributed by atoms with Gasteiger partial charge in [-0.25, -0.2) is 0 Å². The van der Waals surface area contributed by atoms with Gasteiger partial charge in [0.25, 0.3) is 0 Å². The lowest BCUT2D eigenvalue weighted by Gasteiger charge is -2.07. The van der Waals surface area contributed by atoms with Crippen LogP contribution in [-0.4, -0.2) is 5.11 Å². The second-order valence-corrected chi connectivity index (χ2v) is 5.57. The van der Waals surface area contributed by atoms with Crippen molar-refractivity contribution < 1.29 is 5.11 Å². The second-order valence-electron chi connectivity index (χ2n) is 4.76. The molecule has 0 fully saturated rings. The van der Waals surface area contributed by atoms with Crippen molar-refractivity contribution in [3.05, 3.63) is 27.7 Å². The molecule has 0 heterocycles. The highest BCUT2D eigenvalue weighted by Crippen LogP contribution is 2.30. The van der Waals surface area contributed by atoms with Gasteiger partial charge < -0.3 is 5.11 Å². The van der Waals surface area contributed by atoms with E-state index in [1.54, 1.807) is 12.1 Å². The summed E-state index contributed by atoms with van der Waals surface area (Å²) in [7, 11) is 0. The van der Waals surface area contributed by atoms with Crippen LogP contribution < -0.4 is 0 Å². The highest BCUT2D eigenvalue weighted by molar-refractivity contribution is 6.36. The van der Waals surface area contributed by atoms with Gasteiger partial charge in [-0.05, 0) is 30.5 Å². The summed E-state index contributed by atoms with van der Waals surface area (Å²) in [6.07, 6.45) is 9.81. The Balaban J connectivity index is 2.27. The van der Waals surface area contributed by atoms with Crippen LogP contribution in [0.2, 0.25) is 10.0 Å². The summed E-state index contributed by atoms with van der Waals surface area (Å²) in [5.74, 6) is 0.133. The maximum Gasteiger partial charge on any atom is 0.118 e. The zero-order valence-corrected chi connectivity index (χ0v) is 12.5. The predicted octanol–water partition coefficient (Wildman–Crippen LogP) is 5.99. The number of rotatable bonds is 8. The van der Waals surface area contributed by atoms with Gasteiger partial charge in [-0.2, -0.15) is 0 Å². The molecule has 0 amide bonds. The van der Waals surface area contributed by atoms with E-state index in [9.17, 15) is 5.11 Å². The van der Waals surface area contributed by atoms with Crippen molar-refractivity contribution in [2.24, 2.45) is 0 Å². The molecule has 102 valence electrons. The lowest BCUT2D eigenvalue weighted by atomic mass is 10.0. The van der Waals surface area contributed by atoms with Gasteiger partial charge in [-0.15, -0.1) is 0 Å². The van der Waals surface area contributed by atoms with Gasteiger partial charge in [0.1, 0.15) is 5.75 Å². The fourth-order valence-electron chi connectivity index (χ4n) is 2.09. The van der Waals surface area contributed by atoms with Crippen molar-refractivity contribution in [3.63, 3.8) is 0 Å². The molecule has 1 N–H and O–H groups in total. The molecule has 3 heteroatoms. The van der Waals surface area contributed by atoms with Crippen LogP contribution in [0.15, 0.2) is 12.1 Å². The van der Waals surface area contributed by atoms with E-state index in [1.165, 1.54) is 38.5 Å². The Hall–Kier alpha value is -0.400. The van der Waals surface area contributed by atoms with Crippen LogP contribution in [0.25, 0.3) is 0 Å². The SMILES string of the molecule is CCCCCCCCCc1c(Cl)cc(O)cc1Cl. The molecule has 0 spiro atoms. The molecule has 0 unspecified atom stereocenters. The van der Waals surface area contributed by atoms with E-state index in [0.29, 0.717) is 10.0 Å². The van der Waals surface area contributed by atoms with E-state index in [4.69, 9.17) is 23.2 Å². The van der Waals surface area contributed by atoms with E-state index < -0.39 is 0 Å². The summed E-state index contributed by atoms with van der Waals surface area (Å²) >= 11 is 12.1. The molecule has 0 aliphatic heterocycles. The molecule has 1 aromatic rings. The van der Waals surface area contributed by atoms with Crippen LogP contribution in [0, 0.1) is 0 Å². The topological polar surface area (TPSA) is 20.2 Å². The number of phenols is 1. The lowest BCUT2D eigenvalue weighted by molar-refractivity contribution is 0.475. The Morgan fingerprint density at radius 2 is 1.39 bits per heavy atom. The number of hydrogen-bond acceptors (Lipinski definition) is 1. The van der Waals surface area contributed by atoms with Gasteiger partial charge in [0, 0.05) is 10.0 Å². The molecule has 0 saturated carbocycles. The van der Waals surface area contributed by atoms with Crippen molar-refractivity contribution in [3.8, 4) is 5.75 Å². The Kier molecular flexibility index (Phi) is 7.53. The monoisotopic (exact) mass is 288 g/mol. The molecule has 1 nitrogen and oxygen atoms in total. The summed E-state index contributed by atoms with van der Waals surface area (Å²) in [4.78, 5) is 0. The number of hydrogen-bond donors (Lipinski definition) is 1. The minimum absolute atomic E-state index is 0.133. The second kappa shape index (κ2) is 8.66. The third-order valence-corrected chi connectivity index (χ3v) is 3.83. The molecule has 0 bridgehead atoms. The Labute approximate surface area is 120 Å². The smallest absolute Gasteiger partial charge is 0.118 e. The van der Waals surface area contributed by atoms with Gasteiger partial charge in [-0.1, -0.05) is 68.7 Å². The van der Waals surface area contributed by atoms with Crippen LogP contribution in [0.1, 0.15) is 57.4 Å². The van der Waals surface area contributed by atoms with Crippen molar-refractivity contribution in [1.82, 2.24) is 0 Å². The normalized spacial score (nSPS) is 10.8. The first-order chi connectivity index (χ1) is 8.65. The Morgan fingerprint density at radius 1 is 0.889 bits per heavy atom. The number of aromatic hydroxyl groups is 1. The number of unbranched alkanes of at least 4 members (excludes halogenated alkanes) is 6. The Morgan fingerprint density at radius 3 is 1.94 bits per heavy atom. The number of phenolic OH excluding ortho intramolecular Hbond substituents is 1. The number of halogens is 2. The van der Waals surface area contributed by atoms with Crippen LogP contribution in [0.5, 0.6) is 5.75 Å². The van der Waals surface area contributed by atoms with Crippen molar-refractivity contribution in [1.29, 1.82) is 0 Å². The molecule has 1 rings (SSSR count). The first-order valence-electron chi connectivity index (χ1n) is 6.82. The molecule has 1 aromatic carbocycles. The average Bonchev–Trinajstić information content (AvgIpc) is 2.30. The van der Waals surface area contributed by atoms with E-state index in [0.717, 1.165) is 18.4 Å². The van der Waals surface area contributed by atoms with Crippen molar-refractivity contribution in [2.45, 2.75) is 58.3 Å². The molecule has 0 aromatic heterocycles. The minimum Gasteiger partial charge on any atom is -0.508 e. The standard InChI is InChI=1S/C15H22Cl2O/c1-2-3-4-5-6-7-8-9-13-14(16)10-12(18)11-15(13)17/h10-11,18H,2-9H2,1H3. The summed E-state index contributed by atoms with van der Waals surface area (Å²) < 4.78 is 0. The van der Waals surface area contributed by atoms with E-state index in [1.807, 2.05) is 0 Å². The molecular weight excluding hydrogens is 267 g/mol. The quantitative estimate of drug-likeness (QED) is 0.582. The summed E-state index contributed by atoms with van der Waals surface area (Å²) in [5, 5.41) is 10.5. The van der Waals surface area contributed by atoms with Gasteiger partial charge >= 0.3 is 0 Å². The van der Waals surface area contributed by atoms with E-state index in [2.05, 4.69) is 6.92 Å². The maximum absolute atomic E-state index is 9.34. The molecule has 0 radical (unpaired) electrons. The zero-order valence-electron chi connectivity index (χ0n) is 11.0. The summed E-state index contributed by atoms with van der Waals surface area (Å²) in [6.45, 7) is 2.23. The van der Waals surface area contributed by atoms with Crippen LogP contribution in [0.4, 0.5) is 0 Å². The predicted molar refractivity (Wildman–Crippen MR) is 79.8 cm³/mol. The average molecular weight is 289 g/mol. The third-order valence-electron chi connectivity index (χ3n) is 3.16. The van der Waals surface area contributed by atoms with Gasteiger partial charge in [0.15, 0.2) is 0 Å². The molecule has 0 aliphatic carbocycles. The minimum atomic E-state index is 0.133. The molecule has 0 saturated heterocycles. The molecule has 18 heavy (non-hydrogen) atoms. The van der Waals surface area contributed by atoms with Gasteiger partial charge in [0.05, 0.1) is 0 Å². The largest absolute Gasteiger partial charge is 0.508 e. The van der Waals surface area contributed by atoms with Crippen LogP contribution in [0.3, 0.4) is 0 Å². The summed E-state index contributed by atoms with van der Waals surface area (Å²) in [6, 6.07) is 3.12. The molecule has 0 aliphatic rings. The highest BCUT2D eigenvalue weighted by atomic mass is 35.5. The van der Waals surface area contributed by atoms with E-state index in [-0.39, 0.29) is 5.75 Å². The van der Waals surface area contributed by atoms with Gasteiger partial charge in [0.2, 0.25) is 0 Å².